The topological polar surface area (TPSA) is 20.5 Å². The second-order valence-electron chi connectivity index (χ2n) is 7.31. The fourth-order valence-electron chi connectivity index (χ4n) is 3.65. The predicted molar refractivity (Wildman–Crippen MR) is 109 cm³/mol. The van der Waals surface area contributed by atoms with E-state index in [4.69, 9.17) is 4.98 Å². The molecule has 4 rings (SSSR count). The maximum absolute atomic E-state index is 4.74. The average molecular weight is 345 g/mol. The molecule has 1 aliphatic rings. The van der Waals surface area contributed by atoms with Crippen LogP contribution in [0.15, 0.2) is 54.9 Å². The Bertz CT molecular complexity index is 883. The molecule has 0 bridgehead atoms. The molecule has 1 aromatic carbocycles. The lowest BCUT2D eigenvalue weighted by Crippen LogP contribution is -2.30. The first-order chi connectivity index (χ1) is 12.8. The number of rotatable bonds is 5. The lowest BCUT2D eigenvalue weighted by atomic mass is 10.1. The van der Waals surface area contributed by atoms with Crippen LogP contribution in [0, 0.1) is 6.92 Å². The van der Waals surface area contributed by atoms with E-state index in [1.165, 1.54) is 50.0 Å². The van der Waals surface area contributed by atoms with Crippen LogP contribution < -0.4 is 0 Å². The van der Waals surface area contributed by atoms with Gasteiger partial charge in [0.1, 0.15) is 5.65 Å². The van der Waals surface area contributed by atoms with E-state index in [9.17, 15) is 0 Å². The number of likely N-dealkylation sites (tertiary alicyclic amines) is 1. The van der Waals surface area contributed by atoms with Gasteiger partial charge in [0.2, 0.25) is 0 Å². The summed E-state index contributed by atoms with van der Waals surface area (Å²) in [5.74, 6) is 0. The van der Waals surface area contributed by atoms with Crippen LogP contribution in [0.2, 0.25) is 0 Å². The van der Waals surface area contributed by atoms with Gasteiger partial charge in [0.05, 0.1) is 5.69 Å². The lowest BCUT2D eigenvalue weighted by molar-refractivity contribution is 0.233. The highest BCUT2D eigenvalue weighted by Crippen LogP contribution is 2.20. The number of piperidine rings is 1. The molecule has 26 heavy (non-hydrogen) atoms. The first kappa shape index (κ1) is 17.0. The van der Waals surface area contributed by atoms with Gasteiger partial charge in [-0.2, -0.15) is 0 Å². The molecule has 3 nitrogen and oxygen atoms in total. The van der Waals surface area contributed by atoms with Gasteiger partial charge in [0, 0.05) is 24.5 Å². The van der Waals surface area contributed by atoms with Crippen molar-refractivity contribution in [2.45, 2.75) is 32.6 Å². The van der Waals surface area contributed by atoms with Gasteiger partial charge >= 0.3 is 0 Å². The summed E-state index contributed by atoms with van der Waals surface area (Å²) in [6.45, 7) is 5.85. The molecule has 0 saturated carbocycles. The van der Waals surface area contributed by atoms with Crippen LogP contribution >= 0.6 is 0 Å². The average Bonchev–Trinajstić information content (AvgIpc) is 3.10. The summed E-state index contributed by atoms with van der Waals surface area (Å²) in [7, 11) is 0. The Morgan fingerprint density at radius 2 is 1.85 bits per heavy atom. The number of nitrogens with zero attached hydrogens (tertiary/aromatic N) is 3. The van der Waals surface area contributed by atoms with Gasteiger partial charge in [-0.15, -0.1) is 0 Å². The Hall–Kier alpha value is -2.39. The summed E-state index contributed by atoms with van der Waals surface area (Å²) in [6, 6.07) is 12.9. The lowest BCUT2D eigenvalue weighted by Gasteiger charge is -2.25. The molecular formula is C23H27N3. The van der Waals surface area contributed by atoms with Gasteiger partial charge in [-0.25, -0.2) is 4.98 Å². The van der Waals surface area contributed by atoms with Crippen molar-refractivity contribution in [3.05, 3.63) is 66.0 Å². The van der Waals surface area contributed by atoms with Crippen molar-refractivity contribution in [2.75, 3.05) is 19.6 Å². The van der Waals surface area contributed by atoms with Crippen molar-refractivity contribution in [3.8, 4) is 11.3 Å². The molecule has 1 saturated heterocycles. The van der Waals surface area contributed by atoms with E-state index in [-0.39, 0.29) is 0 Å². The first-order valence-electron chi connectivity index (χ1n) is 9.73. The molecule has 2 aromatic heterocycles. The summed E-state index contributed by atoms with van der Waals surface area (Å²) >= 11 is 0. The van der Waals surface area contributed by atoms with E-state index in [1.807, 2.05) is 0 Å². The minimum atomic E-state index is 1.00. The Labute approximate surface area is 156 Å². The molecule has 0 spiro atoms. The maximum Gasteiger partial charge on any atom is 0.137 e. The summed E-state index contributed by atoms with van der Waals surface area (Å²) in [5.41, 5.74) is 5.68. The minimum Gasteiger partial charge on any atom is -0.306 e. The van der Waals surface area contributed by atoms with Crippen LogP contribution in [-0.2, 0) is 0 Å². The van der Waals surface area contributed by atoms with Crippen LogP contribution in [-0.4, -0.2) is 33.9 Å². The van der Waals surface area contributed by atoms with E-state index in [2.05, 4.69) is 77.2 Å². The van der Waals surface area contributed by atoms with E-state index in [0.717, 1.165) is 23.3 Å². The smallest absolute Gasteiger partial charge is 0.137 e. The molecular weight excluding hydrogens is 318 g/mol. The van der Waals surface area contributed by atoms with Crippen LogP contribution in [0.5, 0.6) is 0 Å². The molecule has 0 N–H and O–H groups in total. The fraction of sp³-hybridized carbons (Fsp3) is 0.348. The zero-order chi connectivity index (χ0) is 17.8. The number of benzene rings is 1. The molecule has 0 atom stereocenters. The van der Waals surface area contributed by atoms with Gasteiger partial charge in [0.25, 0.3) is 0 Å². The van der Waals surface area contributed by atoms with Crippen LogP contribution in [0.4, 0.5) is 0 Å². The van der Waals surface area contributed by atoms with E-state index in [0.29, 0.717) is 0 Å². The van der Waals surface area contributed by atoms with Crippen LogP contribution in [0.3, 0.4) is 0 Å². The molecule has 0 aliphatic carbocycles. The van der Waals surface area contributed by atoms with Crippen molar-refractivity contribution < 1.29 is 0 Å². The molecule has 3 heterocycles. The van der Waals surface area contributed by atoms with Crippen molar-refractivity contribution in [1.82, 2.24) is 14.3 Å². The largest absolute Gasteiger partial charge is 0.306 e. The monoisotopic (exact) mass is 345 g/mol. The summed E-state index contributed by atoms with van der Waals surface area (Å²) in [4.78, 5) is 7.33. The minimum absolute atomic E-state index is 1.00. The summed E-state index contributed by atoms with van der Waals surface area (Å²) in [6.07, 6.45) is 14.0. The van der Waals surface area contributed by atoms with Crippen LogP contribution in [0.1, 0.15) is 36.8 Å². The van der Waals surface area contributed by atoms with Gasteiger partial charge < -0.3 is 9.30 Å². The van der Waals surface area contributed by atoms with Gasteiger partial charge in [-0.1, -0.05) is 42.8 Å². The highest BCUT2D eigenvalue weighted by molar-refractivity contribution is 5.65. The van der Waals surface area contributed by atoms with Gasteiger partial charge in [-0.3, -0.25) is 0 Å². The molecule has 3 heteroatoms. The van der Waals surface area contributed by atoms with Crippen molar-refractivity contribution in [3.63, 3.8) is 0 Å². The Morgan fingerprint density at radius 3 is 2.65 bits per heavy atom. The van der Waals surface area contributed by atoms with Crippen LogP contribution in [0.25, 0.3) is 23.0 Å². The number of aryl methyl sites for hydroxylation is 1. The quantitative estimate of drug-likeness (QED) is 0.633. The SMILES string of the molecule is Cc1ccn2cc(-c3ccc(/C=C\CCN4CCCCC4)cc3)nc2c1. The number of fused-ring (bicyclic) bond motifs is 1. The number of hydrogen-bond donors (Lipinski definition) is 0. The molecule has 3 aromatic rings. The zero-order valence-electron chi connectivity index (χ0n) is 15.6. The standard InChI is InChI=1S/C23H27N3/c1-19-12-16-26-18-22(24-23(26)17-19)21-10-8-20(9-11-21)7-3-6-15-25-13-4-2-5-14-25/h3,7-12,16-18H,2,4-6,13-15H2,1H3/b7-3-. The predicted octanol–water partition coefficient (Wildman–Crippen LogP) is 5.20. The normalized spacial score (nSPS) is 15.9. The number of imidazole rings is 1. The highest BCUT2D eigenvalue weighted by Gasteiger charge is 2.08. The molecule has 0 radical (unpaired) electrons. The fourth-order valence-corrected chi connectivity index (χ4v) is 3.65. The van der Waals surface area contributed by atoms with E-state index >= 15 is 0 Å². The highest BCUT2D eigenvalue weighted by atomic mass is 15.1. The van der Waals surface area contributed by atoms with Gasteiger partial charge in [0.15, 0.2) is 0 Å². The van der Waals surface area contributed by atoms with Crippen molar-refractivity contribution in [2.24, 2.45) is 0 Å². The number of hydrogen-bond acceptors (Lipinski definition) is 2. The first-order valence-corrected chi connectivity index (χ1v) is 9.73. The Morgan fingerprint density at radius 1 is 1.04 bits per heavy atom. The third-order valence-corrected chi connectivity index (χ3v) is 5.19. The molecule has 0 unspecified atom stereocenters. The molecule has 1 aliphatic heterocycles. The second-order valence-corrected chi connectivity index (χ2v) is 7.31. The third-order valence-electron chi connectivity index (χ3n) is 5.19. The van der Waals surface area contributed by atoms with E-state index in [1.54, 1.807) is 0 Å². The Kier molecular flexibility index (Phi) is 5.16. The summed E-state index contributed by atoms with van der Waals surface area (Å²) < 4.78 is 2.08. The van der Waals surface area contributed by atoms with E-state index < -0.39 is 0 Å². The molecule has 134 valence electrons. The van der Waals surface area contributed by atoms with Crippen molar-refractivity contribution >= 4 is 11.7 Å². The second kappa shape index (κ2) is 7.88. The van der Waals surface area contributed by atoms with Gasteiger partial charge in [-0.05, 0) is 62.5 Å². The number of aromatic nitrogens is 2. The third kappa shape index (κ3) is 4.05. The molecule has 0 amide bonds. The van der Waals surface area contributed by atoms with Crippen molar-refractivity contribution in [1.29, 1.82) is 0 Å². The zero-order valence-corrected chi connectivity index (χ0v) is 15.6. The maximum atomic E-state index is 4.74. The summed E-state index contributed by atoms with van der Waals surface area (Å²) in [5, 5.41) is 0. The number of pyridine rings is 1. The Balaban J connectivity index is 1.38. The molecule has 1 fully saturated rings.